The Morgan fingerprint density at radius 3 is 2.50 bits per heavy atom. The quantitative estimate of drug-likeness (QED) is 0.850. The van der Waals surface area contributed by atoms with E-state index < -0.39 is 0 Å². The van der Waals surface area contributed by atoms with Gasteiger partial charge in [0.2, 0.25) is 0 Å². The fourth-order valence-corrected chi connectivity index (χ4v) is 1.75. The number of aromatic nitrogens is 1. The minimum atomic E-state index is 0. The second kappa shape index (κ2) is 8.09. The molecule has 1 N–H and O–H groups in total. The SMILES string of the molecule is Cl.Clc1ccc(CCNCc2cccnc2)cc1. The van der Waals surface area contributed by atoms with Crippen LogP contribution in [0, 0.1) is 0 Å². The maximum Gasteiger partial charge on any atom is 0.0406 e. The third-order valence-electron chi connectivity index (χ3n) is 2.56. The molecular weight excluding hydrogens is 267 g/mol. The molecule has 0 spiro atoms. The summed E-state index contributed by atoms with van der Waals surface area (Å²) in [5.74, 6) is 0. The Labute approximate surface area is 119 Å². The minimum absolute atomic E-state index is 0. The summed E-state index contributed by atoms with van der Waals surface area (Å²) in [5, 5.41) is 4.18. The lowest BCUT2D eigenvalue weighted by molar-refractivity contribution is 0.685. The monoisotopic (exact) mass is 282 g/mol. The molecule has 4 heteroatoms. The largest absolute Gasteiger partial charge is 0.312 e. The molecule has 0 saturated carbocycles. The number of nitrogens with one attached hydrogen (secondary N) is 1. The lowest BCUT2D eigenvalue weighted by atomic mass is 10.1. The van der Waals surface area contributed by atoms with Crippen LogP contribution in [0.15, 0.2) is 48.8 Å². The number of hydrogen-bond acceptors (Lipinski definition) is 2. The van der Waals surface area contributed by atoms with Gasteiger partial charge in [0.1, 0.15) is 0 Å². The van der Waals surface area contributed by atoms with Crippen LogP contribution >= 0.6 is 24.0 Å². The van der Waals surface area contributed by atoms with Crippen molar-refractivity contribution >= 4 is 24.0 Å². The van der Waals surface area contributed by atoms with Crippen molar-refractivity contribution in [2.24, 2.45) is 0 Å². The molecule has 18 heavy (non-hydrogen) atoms. The van der Waals surface area contributed by atoms with E-state index in [4.69, 9.17) is 11.6 Å². The van der Waals surface area contributed by atoms with E-state index in [0.717, 1.165) is 24.5 Å². The summed E-state index contributed by atoms with van der Waals surface area (Å²) in [6, 6.07) is 12.0. The van der Waals surface area contributed by atoms with Gasteiger partial charge in [-0.15, -0.1) is 12.4 Å². The van der Waals surface area contributed by atoms with Crippen molar-refractivity contribution in [3.8, 4) is 0 Å². The zero-order valence-corrected chi connectivity index (χ0v) is 11.5. The number of nitrogens with zero attached hydrogens (tertiary/aromatic N) is 1. The molecular formula is C14H16Cl2N2. The third kappa shape index (κ3) is 5.05. The first-order chi connectivity index (χ1) is 8.34. The minimum Gasteiger partial charge on any atom is -0.312 e. The van der Waals surface area contributed by atoms with E-state index in [-0.39, 0.29) is 12.4 Å². The molecule has 0 bridgehead atoms. The van der Waals surface area contributed by atoms with Gasteiger partial charge in [-0.2, -0.15) is 0 Å². The molecule has 1 aromatic heterocycles. The number of rotatable bonds is 5. The Balaban J connectivity index is 0.00000162. The van der Waals surface area contributed by atoms with Crippen molar-refractivity contribution in [2.75, 3.05) is 6.54 Å². The topological polar surface area (TPSA) is 24.9 Å². The van der Waals surface area contributed by atoms with Gasteiger partial charge in [-0.25, -0.2) is 0 Å². The zero-order valence-electron chi connectivity index (χ0n) is 9.97. The van der Waals surface area contributed by atoms with Crippen molar-refractivity contribution in [3.05, 3.63) is 64.9 Å². The van der Waals surface area contributed by atoms with Gasteiger partial charge in [0, 0.05) is 24.0 Å². The Hall–Kier alpha value is -1.09. The Kier molecular flexibility index (Phi) is 6.73. The van der Waals surface area contributed by atoms with E-state index in [1.807, 2.05) is 24.4 Å². The molecule has 2 rings (SSSR count). The number of pyridine rings is 1. The molecule has 0 saturated heterocycles. The fraction of sp³-hybridized carbons (Fsp3) is 0.214. The molecule has 96 valence electrons. The highest BCUT2D eigenvalue weighted by Gasteiger charge is 1.94. The molecule has 0 amide bonds. The van der Waals surface area contributed by atoms with Crippen molar-refractivity contribution in [3.63, 3.8) is 0 Å². The maximum absolute atomic E-state index is 5.83. The lowest BCUT2D eigenvalue weighted by Gasteiger charge is -2.04. The molecule has 0 atom stereocenters. The zero-order chi connectivity index (χ0) is 11.9. The van der Waals surface area contributed by atoms with Gasteiger partial charge in [0.15, 0.2) is 0 Å². The Bertz CT molecular complexity index is 443. The van der Waals surface area contributed by atoms with Gasteiger partial charge < -0.3 is 5.32 Å². The number of hydrogen-bond donors (Lipinski definition) is 1. The van der Waals surface area contributed by atoms with Crippen LogP contribution in [0.4, 0.5) is 0 Å². The van der Waals surface area contributed by atoms with Crippen LogP contribution in [0.5, 0.6) is 0 Å². The molecule has 0 aliphatic carbocycles. The first kappa shape index (κ1) is 15.0. The van der Waals surface area contributed by atoms with Gasteiger partial charge >= 0.3 is 0 Å². The molecule has 2 aromatic rings. The van der Waals surface area contributed by atoms with Crippen molar-refractivity contribution in [1.29, 1.82) is 0 Å². The smallest absolute Gasteiger partial charge is 0.0406 e. The van der Waals surface area contributed by atoms with E-state index in [2.05, 4.69) is 28.5 Å². The normalized spacial score (nSPS) is 9.83. The first-order valence-corrected chi connectivity index (χ1v) is 6.06. The average molecular weight is 283 g/mol. The third-order valence-corrected chi connectivity index (χ3v) is 2.81. The average Bonchev–Trinajstić information content (AvgIpc) is 2.38. The second-order valence-corrected chi connectivity index (χ2v) is 4.35. The van der Waals surface area contributed by atoms with Crippen molar-refractivity contribution in [2.45, 2.75) is 13.0 Å². The summed E-state index contributed by atoms with van der Waals surface area (Å²) in [5.41, 5.74) is 2.51. The van der Waals surface area contributed by atoms with Gasteiger partial charge in [-0.3, -0.25) is 4.98 Å². The van der Waals surface area contributed by atoms with Crippen LogP contribution in [0.2, 0.25) is 5.02 Å². The highest BCUT2D eigenvalue weighted by atomic mass is 35.5. The van der Waals surface area contributed by atoms with Gasteiger partial charge in [0.05, 0.1) is 0 Å². The highest BCUT2D eigenvalue weighted by molar-refractivity contribution is 6.30. The van der Waals surface area contributed by atoms with E-state index in [1.54, 1.807) is 6.20 Å². The summed E-state index contributed by atoms with van der Waals surface area (Å²) in [6.07, 6.45) is 4.68. The van der Waals surface area contributed by atoms with Crippen LogP contribution in [0.25, 0.3) is 0 Å². The number of benzene rings is 1. The van der Waals surface area contributed by atoms with Gasteiger partial charge in [0.25, 0.3) is 0 Å². The van der Waals surface area contributed by atoms with Crippen LogP contribution in [0.3, 0.4) is 0 Å². The summed E-state index contributed by atoms with van der Waals surface area (Å²) in [6.45, 7) is 1.82. The maximum atomic E-state index is 5.83. The van der Waals surface area contributed by atoms with Gasteiger partial charge in [-0.1, -0.05) is 29.8 Å². The van der Waals surface area contributed by atoms with Crippen molar-refractivity contribution < 1.29 is 0 Å². The van der Waals surface area contributed by atoms with E-state index in [9.17, 15) is 0 Å². The molecule has 1 heterocycles. The van der Waals surface area contributed by atoms with Crippen LogP contribution < -0.4 is 5.32 Å². The lowest BCUT2D eigenvalue weighted by Crippen LogP contribution is -2.16. The first-order valence-electron chi connectivity index (χ1n) is 5.68. The van der Waals surface area contributed by atoms with Crippen LogP contribution in [0.1, 0.15) is 11.1 Å². The van der Waals surface area contributed by atoms with E-state index >= 15 is 0 Å². The summed E-state index contributed by atoms with van der Waals surface area (Å²) < 4.78 is 0. The standard InChI is InChI=1S/C14H15ClN2.ClH/c15-14-5-3-12(4-6-14)7-9-17-11-13-2-1-8-16-10-13;/h1-6,8,10,17H,7,9,11H2;1H. The van der Waals surface area contributed by atoms with E-state index in [0.29, 0.717) is 0 Å². The summed E-state index contributed by atoms with van der Waals surface area (Å²) >= 11 is 5.83. The van der Waals surface area contributed by atoms with E-state index in [1.165, 1.54) is 11.1 Å². The fourth-order valence-electron chi connectivity index (χ4n) is 1.62. The number of halogens is 2. The molecule has 0 aliphatic heterocycles. The Morgan fingerprint density at radius 1 is 1.06 bits per heavy atom. The Morgan fingerprint density at radius 2 is 1.83 bits per heavy atom. The van der Waals surface area contributed by atoms with Gasteiger partial charge in [-0.05, 0) is 42.3 Å². The van der Waals surface area contributed by atoms with Crippen molar-refractivity contribution in [1.82, 2.24) is 10.3 Å². The molecule has 0 fully saturated rings. The predicted octanol–water partition coefficient (Wildman–Crippen LogP) is 3.49. The molecule has 0 radical (unpaired) electrons. The molecule has 1 aromatic carbocycles. The molecule has 0 aliphatic rings. The predicted molar refractivity (Wildman–Crippen MR) is 78.3 cm³/mol. The van der Waals surface area contributed by atoms with Crippen LogP contribution in [-0.4, -0.2) is 11.5 Å². The molecule has 2 nitrogen and oxygen atoms in total. The summed E-state index contributed by atoms with van der Waals surface area (Å²) in [7, 11) is 0. The molecule has 0 unspecified atom stereocenters. The highest BCUT2D eigenvalue weighted by Crippen LogP contribution is 2.09. The van der Waals surface area contributed by atoms with Crippen LogP contribution in [-0.2, 0) is 13.0 Å². The second-order valence-electron chi connectivity index (χ2n) is 3.91. The summed E-state index contributed by atoms with van der Waals surface area (Å²) in [4.78, 5) is 4.08.